The van der Waals surface area contributed by atoms with Crippen LogP contribution in [0.15, 0.2) is 47.2 Å². The van der Waals surface area contributed by atoms with Gasteiger partial charge in [-0.25, -0.2) is 0 Å². The van der Waals surface area contributed by atoms with Gasteiger partial charge < -0.3 is 41.1 Å². The first-order valence-electron chi connectivity index (χ1n) is 16.0. The normalized spacial score (nSPS) is 31.2. The van der Waals surface area contributed by atoms with Gasteiger partial charge in [0.05, 0.1) is 53.4 Å². The lowest BCUT2D eigenvalue weighted by atomic mass is 9.76. The van der Waals surface area contributed by atoms with Crippen molar-refractivity contribution in [3.05, 3.63) is 69.5 Å². The molecule has 0 spiro atoms. The monoisotopic (exact) mass is 669 g/mol. The summed E-state index contributed by atoms with van der Waals surface area (Å²) in [6.07, 6.45) is 2.09. The Labute approximate surface area is 279 Å². The van der Waals surface area contributed by atoms with Gasteiger partial charge >= 0.3 is 0 Å². The molecule has 9 unspecified atom stereocenters. The molecule has 48 heavy (non-hydrogen) atoms. The Kier molecular flexibility index (Phi) is 12.5. The number of carbonyl (C=O) groups is 4. The van der Waals surface area contributed by atoms with E-state index in [0.29, 0.717) is 6.42 Å². The SMILES string of the molecule is CCC1C=CC=C(C)C(=O)NC2=CC(=O)c3c(c(O)c(C)c(O)c3C2=O)C(=O)C(C)=CC(CO)C(O)C(C)C(O)C(C)C(O)C(C)C1O. The maximum Gasteiger partial charge on any atom is 0.251 e. The van der Waals surface area contributed by atoms with Crippen LogP contribution in [0.4, 0.5) is 0 Å². The van der Waals surface area contributed by atoms with Crippen molar-refractivity contribution in [2.24, 2.45) is 29.6 Å². The molecule has 4 bridgehead atoms. The summed E-state index contributed by atoms with van der Waals surface area (Å²) in [5.74, 6) is -9.22. The zero-order valence-electron chi connectivity index (χ0n) is 28.3. The second-order valence-electron chi connectivity index (χ2n) is 13.0. The van der Waals surface area contributed by atoms with Gasteiger partial charge in [0.1, 0.15) is 11.5 Å². The van der Waals surface area contributed by atoms with E-state index in [9.17, 15) is 54.9 Å². The Morgan fingerprint density at radius 2 is 1.21 bits per heavy atom. The van der Waals surface area contributed by atoms with Gasteiger partial charge in [-0.15, -0.1) is 0 Å². The standard InChI is InChI=1S/C36H47NO11/c1-8-21-11-9-10-15(2)36(48)37-23-13-24(39)25-26(33(45)20(7)34(46)27(25)35(23)47)28(40)16(3)12-22(14-38)32(44)19(6)30(42)17(4)29(41)18(5)31(21)43/h9-13,17-19,21-22,29-32,38,41-46H,8,14H2,1-7H3,(H,37,48). The van der Waals surface area contributed by atoms with Crippen molar-refractivity contribution in [1.29, 1.82) is 0 Å². The lowest BCUT2D eigenvalue weighted by molar-refractivity contribution is -0.116. The van der Waals surface area contributed by atoms with E-state index in [1.807, 2.05) is 6.92 Å². The summed E-state index contributed by atoms with van der Waals surface area (Å²) in [6.45, 7) is 9.88. The maximum atomic E-state index is 13.8. The van der Waals surface area contributed by atoms with E-state index in [0.717, 1.165) is 6.08 Å². The third-order valence-electron chi connectivity index (χ3n) is 9.83. The summed E-state index contributed by atoms with van der Waals surface area (Å²) in [4.78, 5) is 53.8. The van der Waals surface area contributed by atoms with Gasteiger partial charge in [0, 0.05) is 46.8 Å². The first-order valence-corrected chi connectivity index (χ1v) is 16.0. The molecule has 1 aliphatic carbocycles. The number of phenols is 2. The van der Waals surface area contributed by atoms with Crippen LogP contribution in [0.2, 0.25) is 0 Å². The summed E-state index contributed by atoms with van der Waals surface area (Å²) in [5, 5.41) is 79.1. The van der Waals surface area contributed by atoms with Crippen molar-refractivity contribution in [2.45, 2.75) is 79.3 Å². The molecular weight excluding hydrogens is 622 g/mol. The number of Topliss-reactive ketones (excluding diaryl/α,β-unsaturated/α-hetero) is 2. The maximum absolute atomic E-state index is 13.8. The summed E-state index contributed by atoms with van der Waals surface area (Å²) in [5.41, 5.74) is -2.48. The fraction of sp³-hybridized carbons (Fsp3) is 0.500. The third-order valence-corrected chi connectivity index (χ3v) is 9.83. The van der Waals surface area contributed by atoms with Gasteiger partial charge in [-0.2, -0.15) is 0 Å². The zero-order valence-corrected chi connectivity index (χ0v) is 28.3. The molecule has 0 fully saturated rings. The average molecular weight is 670 g/mol. The zero-order chi connectivity index (χ0) is 36.4. The lowest BCUT2D eigenvalue weighted by Crippen LogP contribution is -2.46. The summed E-state index contributed by atoms with van der Waals surface area (Å²) < 4.78 is 0. The van der Waals surface area contributed by atoms with Crippen LogP contribution in [0.5, 0.6) is 11.5 Å². The minimum Gasteiger partial charge on any atom is -0.507 e. The van der Waals surface area contributed by atoms with Crippen molar-refractivity contribution < 1.29 is 54.9 Å². The fourth-order valence-corrected chi connectivity index (χ4v) is 6.36. The highest BCUT2D eigenvalue weighted by molar-refractivity contribution is 6.31. The number of allylic oxidation sites excluding steroid dienone is 5. The second kappa shape index (κ2) is 15.5. The number of fused-ring (bicyclic) bond motifs is 15. The van der Waals surface area contributed by atoms with Crippen LogP contribution in [-0.4, -0.2) is 90.0 Å². The van der Waals surface area contributed by atoms with Crippen molar-refractivity contribution in [1.82, 2.24) is 5.32 Å². The van der Waals surface area contributed by atoms with Crippen LogP contribution in [0.3, 0.4) is 0 Å². The van der Waals surface area contributed by atoms with Gasteiger partial charge in [-0.05, 0) is 32.8 Å². The van der Waals surface area contributed by atoms with Crippen LogP contribution in [0.1, 0.15) is 84.6 Å². The Balaban J connectivity index is 2.24. The number of carbonyl (C=O) groups excluding carboxylic acids is 4. The van der Waals surface area contributed by atoms with Crippen LogP contribution in [-0.2, 0) is 4.79 Å². The largest absolute Gasteiger partial charge is 0.507 e. The first kappa shape index (κ1) is 38.5. The predicted molar refractivity (Wildman–Crippen MR) is 176 cm³/mol. The van der Waals surface area contributed by atoms with Crippen LogP contribution >= 0.6 is 0 Å². The molecule has 262 valence electrons. The van der Waals surface area contributed by atoms with Gasteiger partial charge in [-0.3, -0.25) is 19.2 Å². The molecule has 9 atom stereocenters. The van der Waals surface area contributed by atoms with E-state index in [2.05, 4.69) is 5.32 Å². The number of phenolic OH excluding ortho intramolecular Hbond substituents is 2. The van der Waals surface area contributed by atoms with Gasteiger partial charge in [0.15, 0.2) is 11.6 Å². The third kappa shape index (κ3) is 7.37. The summed E-state index contributed by atoms with van der Waals surface area (Å²) >= 11 is 0. The van der Waals surface area contributed by atoms with E-state index in [4.69, 9.17) is 0 Å². The molecule has 8 N–H and O–H groups in total. The number of benzene rings is 1. The topological polar surface area (TPSA) is 222 Å². The molecule has 3 aliphatic rings. The highest BCUT2D eigenvalue weighted by Crippen LogP contribution is 2.41. The highest BCUT2D eigenvalue weighted by Gasteiger charge is 2.40. The predicted octanol–water partition coefficient (Wildman–Crippen LogP) is 2.42. The Morgan fingerprint density at radius 3 is 1.73 bits per heavy atom. The van der Waals surface area contributed by atoms with E-state index < -0.39 is 118 Å². The van der Waals surface area contributed by atoms with Gasteiger partial charge in [0.2, 0.25) is 5.78 Å². The minimum atomic E-state index is -1.44. The van der Waals surface area contributed by atoms with Gasteiger partial charge in [0.25, 0.3) is 5.91 Å². The number of rotatable bonds is 2. The molecule has 1 amide bonds. The number of aliphatic hydroxyl groups is 5. The quantitative estimate of drug-likeness (QED) is 0.228. The molecule has 12 heteroatoms. The number of aliphatic hydroxyl groups excluding tert-OH is 5. The number of hydrogen-bond donors (Lipinski definition) is 8. The highest BCUT2D eigenvalue weighted by atomic mass is 16.3. The molecule has 0 saturated heterocycles. The Morgan fingerprint density at radius 1 is 0.708 bits per heavy atom. The van der Waals surface area contributed by atoms with Crippen LogP contribution < -0.4 is 5.32 Å². The summed E-state index contributed by atoms with van der Waals surface area (Å²) in [6, 6.07) is 0. The Bertz CT molecular complexity index is 1590. The molecule has 0 radical (unpaired) electrons. The van der Waals surface area contributed by atoms with Crippen molar-refractivity contribution >= 4 is 23.3 Å². The smallest absolute Gasteiger partial charge is 0.251 e. The number of amides is 1. The van der Waals surface area contributed by atoms with E-state index in [-0.39, 0.29) is 16.7 Å². The fourth-order valence-electron chi connectivity index (χ4n) is 6.36. The molecule has 12 nitrogen and oxygen atoms in total. The average Bonchev–Trinajstić information content (AvgIpc) is 3.06. The molecule has 2 heterocycles. The summed E-state index contributed by atoms with van der Waals surface area (Å²) in [7, 11) is 0. The van der Waals surface area contributed by atoms with E-state index in [1.54, 1.807) is 19.9 Å². The molecular formula is C36H47NO11. The minimum absolute atomic E-state index is 0.125. The molecule has 1 aromatic carbocycles. The number of aromatic hydroxyl groups is 2. The number of ketones is 3. The van der Waals surface area contributed by atoms with Crippen molar-refractivity contribution in [3.63, 3.8) is 0 Å². The first-order chi connectivity index (χ1) is 22.4. The number of nitrogens with one attached hydrogen (secondary N) is 1. The van der Waals surface area contributed by atoms with Crippen molar-refractivity contribution in [3.8, 4) is 11.5 Å². The van der Waals surface area contributed by atoms with Gasteiger partial charge in [-0.1, -0.05) is 52.0 Å². The Hall–Kier alpha value is -3.94. The van der Waals surface area contributed by atoms with Crippen LogP contribution in [0, 0.1) is 36.5 Å². The lowest BCUT2D eigenvalue weighted by Gasteiger charge is -2.37. The van der Waals surface area contributed by atoms with E-state index >= 15 is 0 Å². The molecule has 1 aromatic rings. The molecule has 2 aliphatic heterocycles. The number of hydrogen-bond acceptors (Lipinski definition) is 11. The van der Waals surface area contributed by atoms with E-state index in [1.165, 1.54) is 45.9 Å². The molecule has 0 saturated carbocycles. The second-order valence-corrected chi connectivity index (χ2v) is 13.0. The molecule has 0 aromatic heterocycles. The van der Waals surface area contributed by atoms with Crippen LogP contribution in [0.25, 0.3) is 0 Å². The van der Waals surface area contributed by atoms with Crippen molar-refractivity contribution in [2.75, 3.05) is 6.61 Å². The molecule has 4 rings (SSSR count).